The van der Waals surface area contributed by atoms with E-state index < -0.39 is 5.60 Å². The first-order valence-electron chi connectivity index (χ1n) is 9.11. The van der Waals surface area contributed by atoms with Crippen LogP contribution in [0.3, 0.4) is 0 Å². The Labute approximate surface area is 142 Å². The van der Waals surface area contributed by atoms with Crippen molar-refractivity contribution in [3.05, 3.63) is 34.9 Å². The molecule has 24 heavy (non-hydrogen) atoms. The van der Waals surface area contributed by atoms with Crippen LogP contribution in [-0.4, -0.2) is 36.5 Å². The van der Waals surface area contributed by atoms with Crippen LogP contribution in [0.1, 0.15) is 60.8 Å². The van der Waals surface area contributed by atoms with Gasteiger partial charge in [0.2, 0.25) is 0 Å². The fourth-order valence-corrected chi connectivity index (χ4v) is 4.50. The van der Waals surface area contributed by atoms with Gasteiger partial charge in [0.05, 0.1) is 11.6 Å². The SMILES string of the molecule is O=C(NCC1(O)CCOCC1)NC1CC2CCCc3cccc1c32. The highest BCUT2D eigenvalue weighted by Crippen LogP contribution is 2.47. The molecule has 3 N–H and O–H groups in total. The summed E-state index contributed by atoms with van der Waals surface area (Å²) in [5.74, 6) is 0.593. The number of ether oxygens (including phenoxy) is 1. The number of nitrogens with one attached hydrogen (secondary N) is 2. The maximum atomic E-state index is 12.3. The lowest BCUT2D eigenvalue weighted by Crippen LogP contribution is -2.49. The van der Waals surface area contributed by atoms with Crippen molar-refractivity contribution in [2.75, 3.05) is 19.8 Å². The van der Waals surface area contributed by atoms with Gasteiger partial charge in [-0.3, -0.25) is 0 Å². The summed E-state index contributed by atoms with van der Waals surface area (Å²) in [5, 5.41) is 16.4. The summed E-state index contributed by atoms with van der Waals surface area (Å²) in [5.41, 5.74) is 3.40. The largest absolute Gasteiger partial charge is 0.388 e. The summed E-state index contributed by atoms with van der Waals surface area (Å²) in [6, 6.07) is 6.40. The second-order valence-electron chi connectivity index (χ2n) is 7.46. The highest BCUT2D eigenvalue weighted by atomic mass is 16.5. The second kappa shape index (κ2) is 6.37. The molecule has 2 unspecified atom stereocenters. The third-order valence-corrected chi connectivity index (χ3v) is 5.84. The fourth-order valence-electron chi connectivity index (χ4n) is 4.50. The Balaban J connectivity index is 1.38. The minimum Gasteiger partial charge on any atom is -0.388 e. The zero-order valence-electron chi connectivity index (χ0n) is 14.0. The third-order valence-electron chi connectivity index (χ3n) is 5.84. The molecule has 0 aromatic heterocycles. The van der Waals surface area contributed by atoms with Gasteiger partial charge in [0, 0.05) is 32.6 Å². The Morgan fingerprint density at radius 3 is 3.00 bits per heavy atom. The molecule has 0 spiro atoms. The maximum absolute atomic E-state index is 12.3. The molecule has 1 heterocycles. The molecule has 1 fully saturated rings. The number of benzene rings is 1. The van der Waals surface area contributed by atoms with Gasteiger partial charge in [0.15, 0.2) is 0 Å². The van der Waals surface area contributed by atoms with E-state index in [0.29, 0.717) is 32.0 Å². The van der Waals surface area contributed by atoms with Gasteiger partial charge in [0.1, 0.15) is 0 Å². The van der Waals surface area contributed by atoms with Crippen LogP contribution in [-0.2, 0) is 11.2 Å². The van der Waals surface area contributed by atoms with Gasteiger partial charge in [-0.25, -0.2) is 4.79 Å². The number of aliphatic hydroxyl groups is 1. The molecule has 1 saturated heterocycles. The van der Waals surface area contributed by atoms with Gasteiger partial charge in [-0.1, -0.05) is 18.2 Å². The van der Waals surface area contributed by atoms with E-state index in [2.05, 4.69) is 28.8 Å². The van der Waals surface area contributed by atoms with E-state index in [-0.39, 0.29) is 18.6 Å². The molecule has 5 nitrogen and oxygen atoms in total. The molecule has 3 aliphatic rings. The predicted octanol–water partition coefficient (Wildman–Crippen LogP) is 2.39. The molecule has 1 aromatic rings. The summed E-state index contributed by atoms with van der Waals surface area (Å²) >= 11 is 0. The average Bonchev–Trinajstić information content (AvgIpc) is 2.94. The molecular weight excluding hydrogens is 304 g/mol. The van der Waals surface area contributed by atoms with Gasteiger partial charge in [-0.2, -0.15) is 0 Å². The van der Waals surface area contributed by atoms with E-state index in [9.17, 15) is 9.90 Å². The molecular formula is C19H26N2O3. The van der Waals surface area contributed by atoms with Gasteiger partial charge in [-0.05, 0) is 48.3 Å². The minimum absolute atomic E-state index is 0.0902. The first-order chi connectivity index (χ1) is 11.6. The summed E-state index contributed by atoms with van der Waals surface area (Å²) in [4.78, 5) is 12.3. The van der Waals surface area contributed by atoms with Crippen LogP contribution in [0.2, 0.25) is 0 Å². The Morgan fingerprint density at radius 1 is 1.33 bits per heavy atom. The summed E-state index contributed by atoms with van der Waals surface area (Å²) < 4.78 is 5.27. The lowest BCUT2D eigenvalue weighted by molar-refractivity contribution is -0.0600. The van der Waals surface area contributed by atoms with Crippen LogP contribution in [0.5, 0.6) is 0 Å². The predicted molar refractivity (Wildman–Crippen MR) is 91.0 cm³/mol. The first-order valence-corrected chi connectivity index (χ1v) is 9.11. The smallest absolute Gasteiger partial charge is 0.315 e. The number of hydrogen-bond donors (Lipinski definition) is 3. The Morgan fingerprint density at radius 2 is 2.17 bits per heavy atom. The lowest BCUT2D eigenvalue weighted by Gasteiger charge is -2.32. The molecule has 2 aliphatic carbocycles. The van der Waals surface area contributed by atoms with E-state index in [1.54, 1.807) is 0 Å². The van der Waals surface area contributed by atoms with Crippen LogP contribution in [0.25, 0.3) is 0 Å². The van der Waals surface area contributed by atoms with Gasteiger partial charge in [-0.15, -0.1) is 0 Å². The number of amides is 2. The fraction of sp³-hybridized carbons (Fsp3) is 0.632. The van der Waals surface area contributed by atoms with Crippen molar-refractivity contribution in [3.8, 4) is 0 Å². The topological polar surface area (TPSA) is 70.6 Å². The van der Waals surface area contributed by atoms with Crippen molar-refractivity contribution in [2.45, 2.75) is 56.1 Å². The van der Waals surface area contributed by atoms with Crippen molar-refractivity contribution in [2.24, 2.45) is 0 Å². The number of rotatable bonds is 3. The number of urea groups is 1. The van der Waals surface area contributed by atoms with E-state index in [4.69, 9.17) is 4.74 Å². The number of carbonyl (C=O) groups excluding carboxylic acids is 1. The Kier molecular flexibility index (Phi) is 4.22. The van der Waals surface area contributed by atoms with Crippen molar-refractivity contribution in [3.63, 3.8) is 0 Å². The van der Waals surface area contributed by atoms with Gasteiger partial charge >= 0.3 is 6.03 Å². The Bertz CT molecular complexity index is 625. The van der Waals surface area contributed by atoms with E-state index in [1.807, 2.05) is 0 Å². The van der Waals surface area contributed by atoms with Crippen LogP contribution < -0.4 is 10.6 Å². The zero-order chi connectivity index (χ0) is 16.6. The Hall–Kier alpha value is -1.59. The van der Waals surface area contributed by atoms with Gasteiger partial charge < -0.3 is 20.5 Å². The highest BCUT2D eigenvalue weighted by molar-refractivity contribution is 5.75. The van der Waals surface area contributed by atoms with Crippen LogP contribution in [0.4, 0.5) is 4.79 Å². The molecule has 0 saturated carbocycles. The monoisotopic (exact) mass is 330 g/mol. The lowest BCUT2D eigenvalue weighted by atomic mass is 9.84. The quantitative estimate of drug-likeness (QED) is 0.797. The van der Waals surface area contributed by atoms with E-state index >= 15 is 0 Å². The standard InChI is InChI=1S/C19H26N2O3/c22-18(20-12-19(23)7-9-24-10-8-19)21-16-11-14-5-1-3-13-4-2-6-15(16)17(13)14/h2,4,6,14,16,23H,1,3,5,7-12H2,(H2,20,21,22). The molecule has 0 radical (unpaired) electrons. The number of carbonyl (C=O) groups is 1. The molecule has 4 rings (SSSR count). The van der Waals surface area contributed by atoms with Crippen LogP contribution >= 0.6 is 0 Å². The molecule has 2 amide bonds. The van der Waals surface area contributed by atoms with E-state index in [0.717, 1.165) is 12.8 Å². The van der Waals surface area contributed by atoms with Crippen LogP contribution in [0, 0.1) is 0 Å². The average molecular weight is 330 g/mol. The molecule has 0 bridgehead atoms. The summed E-state index contributed by atoms with van der Waals surface area (Å²) in [6.45, 7) is 1.39. The van der Waals surface area contributed by atoms with Crippen molar-refractivity contribution >= 4 is 6.03 Å². The molecule has 1 aromatic carbocycles. The normalized spacial score (nSPS) is 27.4. The molecule has 5 heteroatoms. The maximum Gasteiger partial charge on any atom is 0.315 e. The van der Waals surface area contributed by atoms with Crippen LogP contribution in [0.15, 0.2) is 18.2 Å². The van der Waals surface area contributed by atoms with Crippen molar-refractivity contribution in [1.29, 1.82) is 0 Å². The summed E-state index contributed by atoms with van der Waals surface area (Å²) in [7, 11) is 0. The van der Waals surface area contributed by atoms with Gasteiger partial charge in [0.25, 0.3) is 0 Å². The highest BCUT2D eigenvalue weighted by Gasteiger charge is 2.36. The summed E-state index contributed by atoms with van der Waals surface area (Å²) in [6.07, 6.45) is 5.78. The molecule has 130 valence electrons. The number of aryl methyl sites for hydroxylation is 1. The van der Waals surface area contributed by atoms with Crippen molar-refractivity contribution in [1.82, 2.24) is 10.6 Å². The minimum atomic E-state index is -0.832. The molecule has 2 atom stereocenters. The third kappa shape index (κ3) is 3.03. The number of hydrogen-bond acceptors (Lipinski definition) is 3. The first kappa shape index (κ1) is 15.9. The second-order valence-corrected chi connectivity index (χ2v) is 7.46. The van der Waals surface area contributed by atoms with E-state index in [1.165, 1.54) is 29.5 Å². The van der Waals surface area contributed by atoms with Crippen molar-refractivity contribution < 1.29 is 14.6 Å². The zero-order valence-corrected chi connectivity index (χ0v) is 14.0. The molecule has 1 aliphatic heterocycles.